The zero-order chi connectivity index (χ0) is 21.2. The van der Waals surface area contributed by atoms with Gasteiger partial charge in [0.15, 0.2) is 9.84 Å². The van der Waals surface area contributed by atoms with Crippen LogP contribution in [0.15, 0.2) is 59.8 Å². The highest BCUT2D eigenvalue weighted by molar-refractivity contribution is 7.90. The Kier molecular flexibility index (Phi) is 5.61. The van der Waals surface area contributed by atoms with E-state index in [4.69, 9.17) is 0 Å². The molecule has 0 aliphatic heterocycles. The Morgan fingerprint density at radius 2 is 1.62 bits per heavy atom. The number of hydrogen-bond donors (Lipinski definition) is 1. The minimum absolute atomic E-state index is 0.152. The first-order chi connectivity index (χ1) is 13.5. The zero-order valence-corrected chi connectivity index (χ0v) is 16.5. The fraction of sp³-hybridized carbons (Fsp3) is 0.200. The van der Waals surface area contributed by atoms with Crippen LogP contribution in [0.2, 0.25) is 0 Å². The van der Waals surface area contributed by atoms with E-state index in [1.165, 1.54) is 18.3 Å². The van der Waals surface area contributed by atoms with Crippen molar-refractivity contribution in [2.75, 3.05) is 18.1 Å². The second kappa shape index (κ2) is 7.82. The molecular formula is C20H18F3N3O2S. The molecule has 0 saturated carbocycles. The molecule has 3 aromatic rings. The van der Waals surface area contributed by atoms with E-state index in [0.717, 1.165) is 11.9 Å². The second-order valence-electron chi connectivity index (χ2n) is 6.57. The lowest BCUT2D eigenvalue weighted by atomic mass is 9.99. The van der Waals surface area contributed by atoms with Crippen LogP contribution in [0.5, 0.6) is 0 Å². The van der Waals surface area contributed by atoms with Crippen LogP contribution in [-0.4, -0.2) is 37.4 Å². The van der Waals surface area contributed by atoms with Crippen LogP contribution >= 0.6 is 0 Å². The zero-order valence-electron chi connectivity index (χ0n) is 15.7. The second-order valence-corrected chi connectivity index (χ2v) is 8.59. The van der Waals surface area contributed by atoms with Crippen LogP contribution in [0.1, 0.15) is 5.69 Å². The first kappa shape index (κ1) is 20.8. The molecule has 0 fully saturated rings. The van der Waals surface area contributed by atoms with E-state index in [9.17, 15) is 21.6 Å². The molecule has 0 amide bonds. The molecule has 9 heteroatoms. The van der Waals surface area contributed by atoms with Gasteiger partial charge in [-0.2, -0.15) is 13.2 Å². The molecule has 1 aromatic carbocycles. The Morgan fingerprint density at radius 3 is 2.17 bits per heavy atom. The first-order valence-corrected chi connectivity index (χ1v) is 10.5. The molecule has 0 bridgehead atoms. The summed E-state index contributed by atoms with van der Waals surface area (Å²) in [5.74, 6) is 0. The fourth-order valence-corrected chi connectivity index (χ4v) is 3.33. The van der Waals surface area contributed by atoms with Crippen molar-refractivity contribution in [2.45, 2.75) is 18.0 Å². The van der Waals surface area contributed by atoms with Gasteiger partial charge in [-0.1, -0.05) is 12.1 Å². The minimum atomic E-state index is -4.36. The van der Waals surface area contributed by atoms with Crippen molar-refractivity contribution in [1.82, 2.24) is 9.97 Å². The van der Waals surface area contributed by atoms with Gasteiger partial charge in [-0.15, -0.1) is 0 Å². The first-order valence-electron chi connectivity index (χ1n) is 8.57. The third-order valence-electron chi connectivity index (χ3n) is 4.16. The number of halogens is 3. The molecule has 2 aromatic heterocycles. The third kappa shape index (κ3) is 5.32. The number of nitrogens with zero attached hydrogens (tertiary/aromatic N) is 2. The summed E-state index contributed by atoms with van der Waals surface area (Å²) in [7, 11) is -3.36. The van der Waals surface area contributed by atoms with Crippen LogP contribution < -0.4 is 5.32 Å². The van der Waals surface area contributed by atoms with Gasteiger partial charge in [-0.25, -0.2) is 8.42 Å². The van der Waals surface area contributed by atoms with Gasteiger partial charge in [-0.05, 0) is 42.8 Å². The lowest BCUT2D eigenvalue weighted by Gasteiger charge is -2.14. The molecule has 0 unspecified atom stereocenters. The predicted molar refractivity (Wildman–Crippen MR) is 105 cm³/mol. The largest absolute Gasteiger partial charge is 0.405 e. The van der Waals surface area contributed by atoms with Crippen molar-refractivity contribution >= 4 is 15.5 Å². The van der Waals surface area contributed by atoms with Crippen LogP contribution in [0.3, 0.4) is 0 Å². The highest BCUT2D eigenvalue weighted by atomic mass is 32.2. The quantitative estimate of drug-likeness (QED) is 0.657. The van der Waals surface area contributed by atoms with Gasteiger partial charge in [0.25, 0.3) is 0 Å². The lowest BCUT2D eigenvalue weighted by molar-refractivity contribution is -0.115. The maximum Gasteiger partial charge on any atom is 0.405 e. The standard InChI is InChI=1S/C20H18F3N3O2S/c1-13-3-4-15(10-24-13)19-18(9-16(11-25-19)26-12-20(21,22)23)14-5-7-17(8-6-14)29(2,27)28/h3-11,26H,12H2,1-2H3. The van der Waals surface area contributed by atoms with E-state index in [1.807, 2.05) is 19.1 Å². The maximum absolute atomic E-state index is 12.6. The molecule has 5 nitrogen and oxygen atoms in total. The van der Waals surface area contributed by atoms with Crippen molar-refractivity contribution in [2.24, 2.45) is 0 Å². The van der Waals surface area contributed by atoms with Crippen molar-refractivity contribution in [3.05, 3.63) is 60.6 Å². The number of rotatable bonds is 5. The summed E-state index contributed by atoms with van der Waals surface area (Å²) in [6.45, 7) is 0.652. The summed E-state index contributed by atoms with van der Waals surface area (Å²) in [5, 5.41) is 2.32. The highest BCUT2D eigenvalue weighted by Gasteiger charge is 2.26. The highest BCUT2D eigenvalue weighted by Crippen LogP contribution is 2.33. The van der Waals surface area contributed by atoms with Gasteiger partial charge in [0.2, 0.25) is 0 Å². The monoisotopic (exact) mass is 421 g/mol. The van der Waals surface area contributed by atoms with Gasteiger partial charge in [0, 0.05) is 29.3 Å². The Labute approximate surface area is 166 Å². The Morgan fingerprint density at radius 1 is 0.966 bits per heavy atom. The van der Waals surface area contributed by atoms with Gasteiger partial charge < -0.3 is 5.32 Å². The SMILES string of the molecule is Cc1ccc(-c2ncc(NCC(F)(F)F)cc2-c2ccc(S(C)(=O)=O)cc2)cn1. The van der Waals surface area contributed by atoms with Crippen molar-refractivity contribution in [1.29, 1.82) is 0 Å². The van der Waals surface area contributed by atoms with Crippen LogP contribution in [0.25, 0.3) is 22.4 Å². The number of aromatic nitrogens is 2. The van der Waals surface area contributed by atoms with Gasteiger partial charge in [0.05, 0.1) is 22.5 Å². The molecule has 0 spiro atoms. The average Bonchev–Trinajstić information content (AvgIpc) is 2.66. The van der Waals surface area contributed by atoms with Crippen molar-refractivity contribution < 1.29 is 21.6 Å². The molecule has 3 rings (SSSR count). The molecule has 0 aliphatic carbocycles. The summed E-state index contributed by atoms with van der Waals surface area (Å²) in [4.78, 5) is 8.73. The Balaban J connectivity index is 2.08. The number of alkyl halides is 3. The van der Waals surface area contributed by atoms with E-state index < -0.39 is 22.6 Å². The van der Waals surface area contributed by atoms with Gasteiger partial charge in [-0.3, -0.25) is 9.97 Å². The summed E-state index contributed by atoms with van der Waals surface area (Å²) in [6.07, 6.45) is -0.296. The number of anilines is 1. The smallest absolute Gasteiger partial charge is 0.375 e. The van der Waals surface area contributed by atoms with E-state index in [2.05, 4.69) is 15.3 Å². The van der Waals surface area contributed by atoms with Crippen molar-refractivity contribution in [3.63, 3.8) is 0 Å². The molecule has 0 atom stereocenters. The fourth-order valence-electron chi connectivity index (χ4n) is 2.70. The number of hydrogen-bond acceptors (Lipinski definition) is 5. The van der Waals surface area contributed by atoms with Crippen molar-refractivity contribution in [3.8, 4) is 22.4 Å². The maximum atomic E-state index is 12.6. The Bertz CT molecular complexity index is 1110. The lowest BCUT2D eigenvalue weighted by Crippen LogP contribution is -2.21. The summed E-state index contributed by atoms with van der Waals surface area (Å²) in [6, 6.07) is 11.3. The number of aryl methyl sites for hydroxylation is 1. The van der Waals surface area contributed by atoms with Crippen LogP contribution in [0, 0.1) is 6.92 Å². The van der Waals surface area contributed by atoms with E-state index in [-0.39, 0.29) is 10.6 Å². The third-order valence-corrected chi connectivity index (χ3v) is 5.29. The predicted octanol–water partition coefficient (Wildman–Crippen LogP) is 4.50. The van der Waals surface area contributed by atoms with Crippen LogP contribution in [0.4, 0.5) is 18.9 Å². The summed E-state index contributed by atoms with van der Waals surface area (Å²) in [5.41, 5.74) is 3.42. The number of benzene rings is 1. The normalized spacial score (nSPS) is 12.0. The molecule has 0 radical (unpaired) electrons. The Hall–Kier alpha value is -2.94. The molecule has 0 saturated heterocycles. The van der Waals surface area contributed by atoms with E-state index >= 15 is 0 Å². The summed E-state index contributed by atoms with van der Waals surface area (Å²) >= 11 is 0. The average molecular weight is 421 g/mol. The van der Waals surface area contributed by atoms with Crippen LogP contribution in [-0.2, 0) is 9.84 Å². The molecular weight excluding hydrogens is 403 g/mol. The molecule has 152 valence electrons. The number of nitrogens with one attached hydrogen (secondary N) is 1. The minimum Gasteiger partial charge on any atom is -0.375 e. The van der Waals surface area contributed by atoms with Gasteiger partial charge >= 0.3 is 6.18 Å². The summed E-state index contributed by atoms with van der Waals surface area (Å²) < 4.78 is 61.1. The molecule has 2 heterocycles. The number of pyridine rings is 2. The van der Waals surface area contributed by atoms with E-state index in [0.29, 0.717) is 22.4 Å². The molecule has 1 N–H and O–H groups in total. The molecule has 0 aliphatic rings. The number of sulfone groups is 1. The topological polar surface area (TPSA) is 72.0 Å². The van der Waals surface area contributed by atoms with E-state index in [1.54, 1.807) is 24.4 Å². The molecule has 29 heavy (non-hydrogen) atoms. The van der Waals surface area contributed by atoms with Gasteiger partial charge in [0.1, 0.15) is 6.54 Å².